The van der Waals surface area contributed by atoms with E-state index in [-0.39, 0.29) is 0 Å². The first-order valence-corrected chi connectivity index (χ1v) is 5.70. The van der Waals surface area contributed by atoms with Crippen molar-refractivity contribution >= 4 is 0 Å². The summed E-state index contributed by atoms with van der Waals surface area (Å²) >= 11 is 0. The van der Waals surface area contributed by atoms with Crippen LogP contribution < -0.4 is 5.73 Å². The summed E-state index contributed by atoms with van der Waals surface area (Å²) in [7, 11) is 0. The summed E-state index contributed by atoms with van der Waals surface area (Å²) in [6.07, 6.45) is 5.36. The van der Waals surface area contributed by atoms with Gasteiger partial charge in [0.2, 0.25) is 0 Å². The molecule has 1 unspecified atom stereocenters. The van der Waals surface area contributed by atoms with E-state index in [2.05, 4.69) is 25.7 Å². The molecule has 0 spiro atoms. The van der Waals surface area contributed by atoms with E-state index in [1.54, 1.807) is 0 Å². The van der Waals surface area contributed by atoms with Gasteiger partial charge in [-0.2, -0.15) is 0 Å². The molecule has 0 aromatic heterocycles. The summed E-state index contributed by atoms with van der Waals surface area (Å²) in [5.41, 5.74) is 5.56. The van der Waals surface area contributed by atoms with Crippen LogP contribution in [0.4, 0.5) is 0 Å². The second-order valence-electron chi connectivity index (χ2n) is 3.76. The van der Waals surface area contributed by atoms with Crippen LogP contribution >= 0.6 is 0 Å². The van der Waals surface area contributed by atoms with Gasteiger partial charge in [0, 0.05) is 19.1 Å². The third-order valence-corrected chi connectivity index (χ3v) is 2.67. The fraction of sp³-hybridized carbons (Fsp3) is 1.00. The standard InChI is InChI=1S/C11H26N2/c1-4-6-7-8-11(3)13(5-2)10-9-12/h11H,4-10,12H2,1-3H3. The Morgan fingerprint density at radius 1 is 1.23 bits per heavy atom. The molecular weight excluding hydrogens is 160 g/mol. The van der Waals surface area contributed by atoms with E-state index in [0.29, 0.717) is 6.04 Å². The van der Waals surface area contributed by atoms with E-state index >= 15 is 0 Å². The molecule has 0 aliphatic heterocycles. The topological polar surface area (TPSA) is 29.3 Å². The zero-order valence-corrected chi connectivity index (χ0v) is 9.55. The summed E-state index contributed by atoms with van der Waals surface area (Å²) < 4.78 is 0. The number of likely N-dealkylation sites (N-methyl/N-ethyl adjacent to an activating group) is 1. The van der Waals surface area contributed by atoms with Crippen molar-refractivity contribution in [3.05, 3.63) is 0 Å². The SMILES string of the molecule is CCCCCC(C)N(CC)CCN. The van der Waals surface area contributed by atoms with Crippen molar-refractivity contribution in [3.8, 4) is 0 Å². The maximum atomic E-state index is 5.56. The number of nitrogens with two attached hydrogens (primary N) is 1. The first-order chi connectivity index (χ1) is 6.26. The molecule has 0 heterocycles. The minimum Gasteiger partial charge on any atom is -0.329 e. The molecule has 0 aliphatic carbocycles. The van der Waals surface area contributed by atoms with Gasteiger partial charge in [-0.3, -0.25) is 4.90 Å². The monoisotopic (exact) mass is 186 g/mol. The summed E-state index contributed by atoms with van der Waals surface area (Å²) in [5.74, 6) is 0. The summed E-state index contributed by atoms with van der Waals surface area (Å²) in [4.78, 5) is 2.47. The third kappa shape index (κ3) is 6.05. The first-order valence-electron chi connectivity index (χ1n) is 5.70. The molecule has 2 N–H and O–H groups in total. The summed E-state index contributed by atoms with van der Waals surface area (Å²) in [6.45, 7) is 9.74. The van der Waals surface area contributed by atoms with Crippen molar-refractivity contribution in [2.24, 2.45) is 5.73 Å². The molecule has 0 saturated heterocycles. The molecule has 2 heteroatoms. The summed E-state index contributed by atoms with van der Waals surface area (Å²) in [6, 6.07) is 0.708. The Balaban J connectivity index is 3.57. The van der Waals surface area contributed by atoms with Crippen LogP contribution in [0.3, 0.4) is 0 Å². The van der Waals surface area contributed by atoms with Crippen LogP contribution in [-0.2, 0) is 0 Å². The molecule has 13 heavy (non-hydrogen) atoms. The Labute approximate surface area is 83.5 Å². The lowest BCUT2D eigenvalue weighted by Gasteiger charge is -2.27. The molecule has 0 aromatic rings. The fourth-order valence-electron chi connectivity index (χ4n) is 1.73. The number of nitrogens with zero attached hydrogens (tertiary/aromatic N) is 1. The van der Waals surface area contributed by atoms with E-state index < -0.39 is 0 Å². The van der Waals surface area contributed by atoms with E-state index in [1.165, 1.54) is 25.7 Å². The highest BCUT2D eigenvalue weighted by Gasteiger charge is 2.09. The number of unbranched alkanes of at least 4 members (excludes halogenated alkanes) is 2. The zero-order chi connectivity index (χ0) is 10.1. The molecule has 0 aliphatic rings. The Morgan fingerprint density at radius 2 is 1.92 bits per heavy atom. The van der Waals surface area contributed by atoms with E-state index in [9.17, 15) is 0 Å². The Hall–Kier alpha value is -0.0800. The van der Waals surface area contributed by atoms with Gasteiger partial charge in [-0.15, -0.1) is 0 Å². The van der Waals surface area contributed by atoms with E-state index in [4.69, 9.17) is 5.73 Å². The Kier molecular flexibility index (Phi) is 8.46. The third-order valence-electron chi connectivity index (χ3n) is 2.67. The molecule has 0 saturated carbocycles. The lowest BCUT2D eigenvalue weighted by molar-refractivity contribution is 0.212. The fourth-order valence-corrected chi connectivity index (χ4v) is 1.73. The molecule has 1 atom stereocenters. The predicted molar refractivity (Wildman–Crippen MR) is 59.9 cm³/mol. The van der Waals surface area contributed by atoms with Crippen LogP contribution in [0.5, 0.6) is 0 Å². The van der Waals surface area contributed by atoms with Gasteiger partial charge in [-0.05, 0) is 19.9 Å². The van der Waals surface area contributed by atoms with Crippen molar-refractivity contribution in [2.45, 2.75) is 52.5 Å². The van der Waals surface area contributed by atoms with Gasteiger partial charge in [0.05, 0.1) is 0 Å². The maximum Gasteiger partial charge on any atom is 0.0107 e. The largest absolute Gasteiger partial charge is 0.329 e. The van der Waals surface area contributed by atoms with Gasteiger partial charge in [-0.25, -0.2) is 0 Å². The van der Waals surface area contributed by atoms with Crippen molar-refractivity contribution in [1.82, 2.24) is 4.90 Å². The Morgan fingerprint density at radius 3 is 2.38 bits per heavy atom. The van der Waals surface area contributed by atoms with Gasteiger partial charge in [0.25, 0.3) is 0 Å². The van der Waals surface area contributed by atoms with Crippen LogP contribution in [-0.4, -0.2) is 30.6 Å². The highest BCUT2D eigenvalue weighted by molar-refractivity contribution is 4.66. The lowest BCUT2D eigenvalue weighted by Crippen LogP contribution is -2.36. The van der Waals surface area contributed by atoms with Crippen LogP contribution in [0.1, 0.15) is 46.5 Å². The Bertz CT molecular complexity index is 104. The van der Waals surface area contributed by atoms with Crippen molar-refractivity contribution in [3.63, 3.8) is 0 Å². The quantitative estimate of drug-likeness (QED) is 0.589. The highest BCUT2D eigenvalue weighted by atomic mass is 15.1. The minimum atomic E-state index is 0.708. The zero-order valence-electron chi connectivity index (χ0n) is 9.55. The van der Waals surface area contributed by atoms with Gasteiger partial charge < -0.3 is 5.73 Å². The van der Waals surface area contributed by atoms with Crippen molar-refractivity contribution in [1.29, 1.82) is 0 Å². The van der Waals surface area contributed by atoms with Gasteiger partial charge in [-0.1, -0.05) is 33.1 Å². The van der Waals surface area contributed by atoms with Crippen molar-refractivity contribution < 1.29 is 0 Å². The summed E-state index contributed by atoms with van der Waals surface area (Å²) in [5, 5.41) is 0. The van der Waals surface area contributed by atoms with Gasteiger partial charge in [0.15, 0.2) is 0 Å². The second kappa shape index (κ2) is 8.52. The average molecular weight is 186 g/mol. The normalized spacial score (nSPS) is 13.6. The van der Waals surface area contributed by atoms with Crippen LogP contribution in [0.2, 0.25) is 0 Å². The smallest absolute Gasteiger partial charge is 0.0107 e. The average Bonchev–Trinajstić information content (AvgIpc) is 2.14. The predicted octanol–water partition coefficient (Wildman–Crippen LogP) is 2.24. The van der Waals surface area contributed by atoms with Crippen LogP contribution in [0.15, 0.2) is 0 Å². The molecule has 0 aromatic carbocycles. The second-order valence-corrected chi connectivity index (χ2v) is 3.76. The molecule has 0 radical (unpaired) electrons. The molecule has 0 amide bonds. The maximum absolute atomic E-state index is 5.56. The molecule has 0 fully saturated rings. The number of hydrogen-bond acceptors (Lipinski definition) is 2. The molecule has 0 rings (SSSR count). The molecule has 0 bridgehead atoms. The van der Waals surface area contributed by atoms with Crippen LogP contribution in [0.25, 0.3) is 0 Å². The molecule has 2 nitrogen and oxygen atoms in total. The van der Waals surface area contributed by atoms with E-state index in [1.807, 2.05) is 0 Å². The number of rotatable bonds is 8. The van der Waals surface area contributed by atoms with Crippen LogP contribution in [0, 0.1) is 0 Å². The minimum absolute atomic E-state index is 0.708. The molecule has 80 valence electrons. The van der Waals surface area contributed by atoms with Gasteiger partial charge in [0.1, 0.15) is 0 Å². The van der Waals surface area contributed by atoms with Crippen molar-refractivity contribution in [2.75, 3.05) is 19.6 Å². The highest BCUT2D eigenvalue weighted by Crippen LogP contribution is 2.08. The lowest BCUT2D eigenvalue weighted by atomic mass is 10.1. The van der Waals surface area contributed by atoms with E-state index in [0.717, 1.165) is 19.6 Å². The van der Waals surface area contributed by atoms with Gasteiger partial charge >= 0.3 is 0 Å². The molecular formula is C11H26N2. The first kappa shape index (κ1) is 12.9. The number of hydrogen-bond donors (Lipinski definition) is 1.